The maximum atomic E-state index is 13.9. The quantitative estimate of drug-likeness (QED) is 0.573. The monoisotopic (exact) mass is 459 g/mol. The summed E-state index contributed by atoms with van der Waals surface area (Å²) in [5, 5.41) is 9.83. The molecule has 0 aromatic heterocycles. The minimum absolute atomic E-state index is 0.187. The summed E-state index contributed by atoms with van der Waals surface area (Å²) < 4.78 is 29.2. The summed E-state index contributed by atoms with van der Waals surface area (Å²) in [5.41, 5.74) is 2.70. The van der Waals surface area contributed by atoms with Crippen LogP contribution >= 0.6 is 11.8 Å². The molecule has 31 heavy (non-hydrogen) atoms. The van der Waals surface area contributed by atoms with E-state index in [9.17, 15) is 18.3 Å². The van der Waals surface area contributed by atoms with Gasteiger partial charge in [0.05, 0.1) is 16.9 Å². The number of rotatable bonds is 8. The first-order chi connectivity index (χ1) is 14.7. The standard InChI is InChI=1S/C24H29NO4S2/c1-5-15-30-23-20(6-2)25(31(28,29)19-13-9-17(4)10-14-19)22(21(23)24(26)27)18-11-7-16(3)8-12-18/h5,7-14,20-23H,1,6,15H2,2-4H3,(H,26,27)/t20-,21+,22+,23-/m1/s1. The van der Waals surface area contributed by atoms with Gasteiger partial charge in [-0.05, 0) is 38.0 Å². The van der Waals surface area contributed by atoms with Crippen LogP contribution < -0.4 is 0 Å². The van der Waals surface area contributed by atoms with Crippen LogP contribution in [0.5, 0.6) is 0 Å². The molecular formula is C24H29NO4S2. The Kier molecular flexibility index (Phi) is 7.29. The van der Waals surface area contributed by atoms with E-state index in [1.165, 1.54) is 16.1 Å². The molecule has 0 saturated carbocycles. The van der Waals surface area contributed by atoms with Gasteiger partial charge >= 0.3 is 5.97 Å². The van der Waals surface area contributed by atoms with E-state index in [4.69, 9.17) is 0 Å². The van der Waals surface area contributed by atoms with Gasteiger partial charge in [-0.25, -0.2) is 8.42 Å². The lowest BCUT2D eigenvalue weighted by molar-refractivity contribution is -0.142. The van der Waals surface area contributed by atoms with Gasteiger partial charge in [0.15, 0.2) is 0 Å². The molecule has 166 valence electrons. The number of thioether (sulfide) groups is 1. The molecule has 0 radical (unpaired) electrons. The molecule has 4 atom stereocenters. The highest BCUT2D eigenvalue weighted by Crippen LogP contribution is 2.50. The normalized spacial score (nSPS) is 24.2. The van der Waals surface area contributed by atoms with Gasteiger partial charge in [0.1, 0.15) is 0 Å². The van der Waals surface area contributed by atoms with Crippen LogP contribution in [-0.2, 0) is 14.8 Å². The zero-order chi connectivity index (χ0) is 22.8. The van der Waals surface area contributed by atoms with E-state index in [1.807, 2.05) is 45.0 Å². The molecule has 1 heterocycles. The van der Waals surface area contributed by atoms with Crippen LogP contribution in [0.3, 0.4) is 0 Å². The highest BCUT2D eigenvalue weighted by Gasteiger charge is 2.56. The molecule has 5 nitrogen and oxygen atoms in total. The molecule has 0 spiro atoms. The molecule has 1 aliphatic heterocycles. The van der Waals surface area contributed by atoms with E-state index >= 15 is 0 Å². The van der Waals surface area contributed by atoms with E-state index in [0.29, 0.717) is 17.7 Å². The Balaban J connectivity index is 2.21. The van der Waals surface area contributed by atoms with Crippen molar-refractivity contribution < 1.29 is 18.3 Å². The minimum atomic E-state index is -3.92. The summed E-state index contributed by atoms with van der Waals surface area (Å²) in [4.78, 5) is 12.7. The van der Waals surface area contributed by atoms with Crippen LogP contribution in [0.25, 0.3) is 0 Å². The molecular weight excluding hydrogens is 430 g/mol. The molecule has 1 N–H and O–H groups in total. The molecule has 2 aromatic rings. The molecule has 1 saturated heterocycles. The Bertz CT molecular complexity index is 1030. The maximum Gasteiger partial charge on any atom is 0.309 e. The highest BCUT2D eigenvalue weighted by atomic mass is 32.2. The summed E-state index contributed by atoms with van der Waals surface area (Å²) in [6.07, 6.45) is 2.25. The van der Waals surface area contributed by atoms with Crippen LogP contribution in [0.2, 0.25) is 0 Å². The van der Waals surface area contributed by atoms with Gasteiger partial charge < -0.3 is 5.11 Å². The number of hydrogen-bond acceptors (Lipinski definition) is 4. The van der Waals surface area contributed by atoms with Crippen LogP contribution in [-0.4, -0.2) is 40.8 Å². The van der Waals surface area contributed by atoms with Crippen molar-refractivity contribution in [3.8, 4) is 0 Å². The molecule has 1 fully saturated rings. The van der Waals surface area contributed by atoms with Crippen molar-refractivity contribution >= 4 is 27.8 Å². The largest absolute Gasteiger partial charge is 0.481 e. The van der Waals surface area contributed by atoms with Crippen molar-refractivity contribution in [1.82, 2.24) is 4.31 Å². The van der Waals surface area contributed by atoms with Gasteiger partial charge in [-0.1, -0.05) is 60.5 Å². The van der Waals surface area contributed by atoms with Crippen LogP contribution in [0, 0.1) is 19.8 Å². The SMILES string of the molecule is C=CCS[C@H]1[C@@H](C(=O)O)[C@H](c2ccc(C)cc2)N(S(=O)(=O)c2ccc(C)cc2)[C@@H]1CC. The fourth-order valence-corrected chi connectivity index (χ4v) is 7.65. The summed E-state index contributed by atoms with van der Waals surface area (Å²) >= 11 is 1.47. The van der Waals surface area contributed by atoms with Crippen LogP contribution in [0.1, 0.15) is 36.1 Å². The molecule has 2 aromatic carbocycles. The van der Waals surface area contributed by atoms with E-state index in [2.05, 4.69) is 6.58 Å². The second kappa shape index (κ2) is 9.59. The predicted molar refractivity (Wildman–Crippen MR) is 126 cm³/mol. The number of sulfonamides is 1. The average Bonchev–Trinajstić information content (AvgIpc) is 3.08. The first kappa shape index (κ1) is 23.6. The van der Waals surface area contributed by atoms with Gasteiger partial charge in [0.2, 0.25) is 10.0 Å². The summed E-state index contributed by atoms with van der Waals surface area (Å²) in [6.45, 7) is 9.52. The van der Waals surface area contributed by atoms with Gasteiger partial charge in [-0.15, -0.1) is 6.58 Å². The maximum absolute atomic E-state index is 13.9. The molecule has 0 amide bonds. The Morgan fingerprint density at radius 3 is 2.13 bits per heavy atom. The van der Waals surface area contributed by atoms with Gasteiger partial charge in [0.25, 0.3) is 0 Å². The lowest BCUT2D eigenvalue weighted by atomic mass is 9.92. The van der Waals surface area contributed by atoms with Crippen molar-refractivity contribution in [2.45, 2.75) is 49.4 Å². The van der Waals surface area contributed by atoms with Crippen molar-refractivity contribution in [2.75, 3.05) is 5.75 Å². The molecule has 7 heteroatoms. The van der Waals surface area contributed by atoms with Crippen molar-refractivity contribution in [3.05, 3.63) is 77.9 Å². The third kappa shape index (κ3) is 4.59. The fourth-order valence-electron chi connectivity index (χ4n) is 4.29. The van der Waals surface area contributed by atoms with Crippen LogP contribution in [0.4, 0.5) is 0 Å². The molecule has 0 bridgehead atoms. The Labute approximate surface area is 189 Å². The van der Waals surface area contributed by atoms with Gasteiger partial charge in [-0.2, -0.15) is 16.1 Å². The third-order valence-electron chi connectivity index (χ3n) is 5.80. The highest BCUT2D eigenvalue weighted by molar-refractivity contribution is 8.00. The number of benzene rings is 2. The Morgan fingerprint density at radius 2 is 1.65 bits per heavy atom. The third-order valence-corrected chi connectivity index (χ3v) is 9.14. The second-order valence-electron chi connectivity index (χ2n) is 7.93. The smallest absolute Gasteiger partial charge is 0.309 e. The van der Waals surface area contributed by atoms with Gasteiger partial charge in [0, 0.05) is 17.0 Å². The van der Waals surface area contributed by atoms with Gasteiger partial charge in [-0.3, -0.25) is 4.79 Å². The van der Waals surface area contributed by atoms with Crippen LogP contribution in [0.15, 0.2) is 66.1 Å². The zero-order valence-corrected chi connectivity index (χ0v) is 19.7. The minimum Gasteiger partial charge on any atom is -0.481 e. The Hall–Kier alpha value is -2.09. The number of nitrogens with zero attached hydrogens (tertiary/aromatic N) is 1. The second-order valence-corrected chi connectivity index (χ2v) is 11.0. The first-order valence-electron chi connectivity index (χ1n) is 10.3. The number of aliphatic carboxylic acids is 1. The van der Waals surface area contributed by atoms with Crippen molar-refractivity contribution in [3.63, 3.8) is 0 Å². The number of carboxylic acid groups (broad SMARTS) is 1. The number of carboxylic acids is 1. The topological polar surface area (TPSA) is 74.7 Å². The molecule has 3 rings (SSSR count). The zero-order valence-electron chi connectivity index (χ0n) is 18.1. The lowest BCUT2D eigenvalue weighted by Gasteiger charge is -2.30. The van der Waals surface area contributed by atoms with Crippen molar-refractivity contribution in [1.29, 1.82) is 0 Å². The molecule has 0 unspecified atom stereocenters. The number of aryl methyl sites for hydroxylation is 2. The van der Waals surface area contributed by atoms with E-state index in [0.717, 1.165) is 11.1 Å². The Morgan fingerprint density at radius 1 is 1.10 bits per heavy atom. The number of hydrogen-bond donors (Lipinski definition) is 1. The fraction of sp³-hybridized carbons (Fsp3) is 0.375. The number of carbonyl (C=O) groups is 1. The molecule has 1 aliphatic rings. The van der Waals surface area contributed by atoms with E-state index in [1.54, 1.807) is 30.3 Å². The average molecular weight is 460 g/mol. The van der Waals surface area contributed by atoms with E-state index in [-0.39, 0.29) is 10.1 Å². The van der Waals surface area contributed by atoms with E-state index < -0.39 is 34.0 Å². The summed E-state index contributed by atoms with van der Waals surface area (Å²) in [5.74, 6) is -1.28. The summed E-state index contributed by atoms with van der Waals surface area (Å²) in [7, 11) is -3.92. The first-order valence-corrected chi connectivity index (χ1v) is 12.8. The van der Waals surface area contributed by atoms with Crippen molar-refractivity contribution in [2.24, 2.45) is 5.92 Å². The summed E-state index contributed by atoms with van der Waals surface area (Å²) in [6, 6.07) is 13.0. The predicted octanol–water partition coefficient (Wildman–Crippen LogP) is 4.82. The molecule has 0 aliphatic carbocycles. The lowest BCUT2D eigenvalue weighted by Crippen LogP contribution is -2.39.